The molecule has 1 saturated heterocycles. The van der Waals surface area contributed by atoms with E-state index >= 15 is 8.90 Å². The Kier molecular flexibility index (Phi) is 8.12. The van der Waals surface area contributed by atoms with Crippen LogP contribution in [0.15, 0.2) is 103 Å². The van der Waals surface area contributed by atoms with Gasteiger partial charge in [0, 0.05) is 54.2 Å². The lowest BCUT2D eigenvalue weighted by atomic mass is 9.82. The van der Waals surface area contributed by atoms with Crippen LogP contribution < -0.4 is 14.5 Å². The Labute approximate surface area is 296 Å². The molecule has 0 radical (unpaired) electrons. The Balaban J connectivity index is 1.27. The van der Waals surface area contributed by atoms with E-state index in [9.17, 15) is 9.90 Å². The molecule has 1 N–H and O–H groups in total. The van der Waals surface area contributed by atoms with Gasteiger partial charge in [-0.1, -0.05) is 54.6 Å². The molecule has 2 amide bonds. The lowest BCUT2D eigenvalue weighted by molar-refractivity contribution is -0.145. The van der Waals surface area contributed by atoms with Crippen LogP contribution in [0.4, 0.5) is 26.9 Å². The number of hydrogen-bond donors (Lipinski definition) is 1. The van der Waals surface area contributed by atoms with Gasteiger partial charge in [-0.25, -0.2) is 0 Å². The van der Waals surface area contributed by atoms with Crippen molar-refractivity contribution < 1.29 is 28.3 Å². The molecule has 5 aromatic rings. The number of nitrogens with zero attached hydrogens (tertiary/aromatic N) is 5. The second kappa shape index (κ2) is 12.6. The van der Waals surface area contributed by atoms with Gasteiger partial charge < -0.3 is 18.7 Å². The summed E-state index contributed by atoms with van der Waals surface area (Å²) in [6, 6.07) is 29.4. The number of carbonyl (C=O) groups is 2. The highest BCUT2D eigenvalue weighted by molar-refractivity contribution is 6.72. The van der Waals surface area contributed by atoms with E-state index in [4.69, 9.17) is 9.47 Å². The van der Waals surface area contributed by atoms with Gasteiger partial charge in [-0.3, -0.25) is 24.1 Å². The Morgan fingerprint density at radius 2 is 1.61 bits per heavy atom. The SMILES string of the molecule is C[C@H]1[C@H]([Si](C)(C)F)[C@@H](CCn2cc(CCO)nn2)O[C@]12C(=O)N(c1ccccc1)c1ccc(N3C(=O)c4ccccc4Oc4ccccc43)cc12. The number of aliphatic hydroxyl groups is 1. The molecule has 0 saturated carbocycles. The normalized spacial score (nSPS) is 22.5. The summed E-state index contributed by atoms with van der Waals surface area (Å²) in [6.45, 7) is 5.63. The average Bonchev–Trinajstić information content (AvgIpc) is 3.75. The highest BCUT2D eigenvalue weighted by atomic mass is 28.4. The van der Waals surface area contributed by atoms with E-state index in [1.165, 1.54) is 0 Å². The van der Waals surface area contributed by atoms with Crippen LogP contribution in [0.2, 0.25) is 18.6 Å². The smallest absolute Gasteiger partial charge is 0.268 e. The Hall–Kier alpha value is -5.17. The monoisotopic (exact) mass is 703 g/mol. The lowest BCUT2D eigenvalue weighted by Gasteiger charge is -2.31. The number of para-hydroxylation sites is 4. The maximum absolute atomic E-state index is 16.6. The van der Waals surface area contributed by atoms with E-state index in [0.29, 0.717) is 70.5 Å². The molecule has 1 spiro atoms. The predicted octanol–water partition coefficient (Wildman–Crippen LogP) is 7.44. The van der Waals surface area contributed by atoms with Crippen LogP contribution >= 0.6 is 0 Å². The maximum atomic E-state index is 16.6. The zero-order valence-corrected chi connectivity index (χ0v) is 29.6. The molecule has 0 bridgehead atoms. The molecule has 0 unspecified atom stereocenters. The van der Waals surface area contributed by atoms with E-state index < -0.39 is 31.6 Å². The molecule has 4 atom stereocenters. The third-order valence-electron chi connectivity index (χ3n) is 10.4. The summed E-state index contributed by atoms with van der Waals surface area (Å²) in [5.41, 5.74) is 1.96. The number of aromatic nitrogens is 3. The number of amides is 2. The van der Waals surface area contributed by atoms with Crippen LogP contribution in [0.1, 0.15) is 35.0 Å². The summed E-state index contributed by atoms with van der Waals surface area (Å²) in [6.07, 6.45) is 1.96. The van der Waals surface area contributed by atoms with Crippen molar-refractivity contribution >= 4 is 43.0 Å². The first-order valence-electron chi connectivity index (χ1n) is 17.2. The zero-order chi connectivity index (χ0) is 35.5. The first-order valence-corrected chi connectivity index (χ1v) is 20.2. The van der Waals surface area contributed by atoms with E-state index in [1.54, 1.807) is 52.0 Å². The van der Waals surface area contributed by atoms with Crippen molar-refractivity contribution in [3.63, 3.8) is 0 Å². The van der Waals surface area contributed by atoms with Crippen molar-refractivity contribution in [1.82, 2.24) is 15.0 Å². The lowest BCUT2D eigenvalue weighted by Crippen LogP contribution is -2.44. The topological polar surface area (TPSA) is 110 Å². The van der Waals surface area contributed by atoms with E-state index in [-0.39, 0.29) is 18.4 Å². The van der Waals surface area contributed by atoms with Gasteiger partial charge in [0.15, 0.2) is 11.4 Å². The number of aryl methyl sites for hydroxylation is 1. The second-order valence-electron chi connectivity index (χ2n) is 13.9. The number of halogens is 1. The number of anilines is 4. The number of aliphatic hydroxyl groups excluding tert-OH is 1. The number of rotatable bonds is 8. The molecule has 51 heavy (non-hydrogen) atoms. The Morgan fingerprint density at radius 3 is 2.37 bits per heavy atom. The van der Waals surface area contributed by atoms with Gasteiger partial charge in [0.05, 0.1) is 28.7 Å². The highest BCUT2D eigenvalue weighted by Crippen LogP contribution is 2.62. The van der Waals surface area contributed by atoms with Crippen molar-refractivity contribution in [2.24, 2.45) is 5.92 Å². The quantitative estimate of drug-likeness (QED) is 0.132. The van der Waals surface area contributed by atoms with Crippen molar-refractivity contribution in [3.8, 4) is 11.5 Å². The van der Waals surface area contributed by atoms with Crippen LogP contribution in [0.5, 0.6) is 11.5 Å². The number of benzene rings is 4. The first kappa shape index (κ1) is 33.0. The third kappa shape index (κ3) is 5.36. The van der Waals surface area contributed by atoms with Crippen LogP contribution in [-0.4, -0.2) is 53.0 Å². The largest absolute Gasteiger partial charge is 0.454 e. The molecule has 4 aromatic carbocycles. The Bertz CT molecular complexity index is 2140. The van der Waals surface area contributed by atoms with Gasteiger partial charge in [0.1, 0.15) is 5.75 Å². The molecule has 260 valence electrons. The molecule has 8 rings (SSSR count). The predicted molar refractivity (Wildman–Crippen MR) is 193 cm³/mol. The molecule has 10 nitrogen and oxygen atoms in total. The maximum Gasteiger partial charge on any atom is 0.268 e. The van der Waals surface area contributed by atoms with Crippen molar-refractivity contribution in [2.75, 3.05) is 16.4 Å². The molecule has 3 aliphatic rings. The van der Waals surface area contributed by atoms with E-state index in [0.717, 1.165) is 0 Å². The number of carbonyl (C=O) groups excluding carboxylic acids is 2. The minimum Gasteiger partial charge on any atom is -0.454 e. The van der Waals surface area contributed by atoms with Gasteiger partial charge in [-0.15, -0.1) is 5.10 Å². The fourth-order valence-electron chi connectivity index (χ4n) is 8.20. The van der Waals surface area contributed by atoms with Gasteiger partial charge in [0.2, 0.25) is 8.41 Å². The summed E-state index contributed by atoms with van der Waals surface area (Å²) in [5, 5.41) is 17.7. The Morgan fingerprint density at radius 1 is 0.882 bits per heavy atom. The van der Waals surface area contributed by atoms with Crippen LogP contribution in [0.25, 0.3) is 0 Å². The van der Waals surface area contributed by atoms with Crippen molar-refractivity contribution in [2.45, 2.75) is 56.7 Å². The van der Waals surface area contributed by atoms with Crippen molar-refractivity contribution in [3.05, 3.63) is 120 Å². The van der Waals surface area contributed by atoms with Crippen LogP contribution in [0.3, 0.4) is 0 Å². The van der Waals surface area contributed by atoms with E-state index in [2.05, 4.69) is 10.3 Å². The van der Waals surface area contributed by atoms with E-state index in [1.807, 2.05) is 85.8 Å². The minimum atomic E-state index is -3.45. The zero-order valence-electron chi connectivity index (χ0n) is 28.6. The average molecular weight is 704 g/mol. The highest BCUT2D eigenvalue weighted by Gasteiger charge is 2.67. The number of ether oxygens (including phenoxy) is 2. The van der Waals surface area contributed by atoms with Gasteiger partial charge in [-0.2, -0.15) is 0 Å². The van der Waals surface area contributed by atoms with Gasteiger partial charge in [0.25, 0.3) is 11.8 Å². The fourth-order valence-corrected chi connectivity index (χ4v) is 10.7. The fraction of sp³-hybridized carbons (Fsp3) is 0.282. The summed E-state index contributed by atoms with van der Waals surface area (Å²) in [4.78, 5) is 32.7. The number of hydrogen-bond acceptors (Lipinski definition) is 7. The van der Waals surface area contributed by atoms with Crippen molar-refractivity contribution in [1.29, 1.82) is 0 Å². The molecule has 1 fully saturated rings. The summed E-state index contributed by atoms with van der Waals surface area (Å²) in [7, 11) is -3.45. The second-order valence-corrected chi connectivity index (χ2v) is 17.7. The van der Waals surface area contributed by atoms with Gasteiger partial charge in [-0.05, 0) is 74.1 Å². The summed E-state index contributed by atoms with van der Waals surface area (Å²) >= 11 is 0. The standard InChI is InChI=1S/C39H38FN5O5Si/c1-25-36(51(2,3)40)35(19-21-43-24-26(20-22-46)41-42-43)50-39(25)30-23-28(17-18-31(30)45(38(39)48)27-11-5-4-6-12-27)44-32-14-8-10-16-34(32)49-33-15-9-7-13-29(33)37(44)47/h4-18,23-25,35-36,46H,19-22H2,1-3H3/t25-,35+,36-,39+/m0/s1. The third-order valence-corrected chi connectivity index (χ3v) is 12.8. The number of fused-ring (bicyclic) bond motifs is 4. The molecule has 4 heterocycles. The molecular weight excluding hydrogens is 666 g/mol. The summed E-state index contributed by atoms with van der Waals surface area (Å²) < 4.78 is 31.5. The molecule has 12 heteroatoms. The van der Waals surface area contributed by atoms with Crippen LogP contribution in [-0.2, 0) is 28.1 Å². The summed E-state index contributed by atoms with van der Waals surface area (Å²) in [5.74, 6) is -0.151. The van der Waals surface area contributed by atoms with Gasteiger partial charge >= 0.3 is 0 Å². The molecule has 1 aromatic heterocycles. The molecular formula is C39H38FN5O5Si. The minimum absolute atomic E-state index is 0.0379. The van der Waals surface area contributed by atoms with Crippen LogP contribution in [0, 0.1) is 5.92 Å². The first-order chi connectivity index (χ1) is 24.6. The molecule has 0 aliphatic carbocycles. The molecule has 3 aliphatic heterocycles.